The van der Waals surface area contributed by atoms with Gasteiger partial charge in [0.25, 0.3) is 0 Å². The molecule has 0 aromatic carbocycles. The Balaban J connectivity index is 2.80. The highest BCUT2D eigenvalue weighted by molar-refractivity contribution is 4.94. The first-order chi connectivity index (χ1) is 7.16. The van der Waals surface area contributed by atoms with E-state index in [2.05, 4.69) is 48.5 Å². The molecule has 96 valence electrons. The molecule has 0 heteroatoms. The molecular formula is C16H32. The molecule has 2 atom stereocenters. The molecule has 1 fully saturated rings. The van der Waals surface area contributed by atoms with E-state index in [0.717, 1.165) is 17.8 Å². The Kier molecular flexibility index (Phi) is 4.13. The van der Waals surface area contributed by atoms with Crippen LogP contribution in [0.3, 0.4) is 0 Å². The molecule has 0 amide bonds. The highest BCUT2D eigenvalue weighted by Gasteiger charge is 2.44. The van der Waals surface area contributed by atoms with Crippen LogP contribution in [0, 0.1) is 28.6 Å². The van der Waals surface area contributed by atoms with Crippen LogP contribution in [0.15, 0.2) is 0 Å². The third-order valence-corrected chi connectivity index (χ3v) is 4.58. The molecule has 1 saturated carbocycles. The Bertz CT molecular complexity index is 191. The second-order valence-electron chi connectivity index (χ2n) is 8.07. The highest BCUT2D eigenvalue weighted by atomic mass is 14.5. The van der Waals surface area contributed by atoms with Gasteiger partial charge in [-0.05, 0) is 41.4 Å². The standard InChI is InChI=1S/C16H32/c1-8-9-12-10-13(15(2,3)4)14(11-12)16(5,6)7/h12-14H,8-11H2,1-7H3. The summed E-state index contributed by atoms with van der Waals surface area (Å²) in [5.41, 5.74) is 0.973. The van der Waals surface area contributed by atoms with Crippen LogP contribution in [0.5, 0.6) is 0 Å². The topological polar surface area (TPSA) is 0 Å². The van der Waals surface area contributed by atoms with Crippen LogP contribution >= 0.6 is 0 Å². The SMILES string of the molecule is CCCC1CC(C(C)(C)C)C(C(C)(C)C)C1. The first-order valence-electron chi connectivity index (χ1n) is 7.16. The van der Waals surface area contributed by atoms with Crippen LogP contribution in [0.4, 0.5) is 0 Å². The molecule has 1 rings (SSSR count). The van der Waals surface area contributed by atoms with E-state index in [1.165, 1.54) is 25.7 Å². The fraction of sp³-hybridized carbons (Fsp3) is 1.00. The maximum atomic E-state index is 2.44. The van der Waals surface area contributed by atoms with Gasteiger partial charge in [0.1, 0.15) is 0 Å². The molecule has 0 radical (unpaired) electrons. The average Bonchev–Trinajstić information content (AvgIpc) is 2.47. The first kappa shape index (κ1) is 14.1. The average molecular weight is 224 g/mol. The second-order valence-corrected chi connectivity index (χ2v) is 8.07. The molecule has 0 aromatic rings. The Hall–Kier alpha value is 0. The third kappa shape index (κ3) is 3.25. The zero-order chi connectivity index (χ0) is 12.6. The summed E-state index contributed by atoms with van der Waals surface area (Å²) in [4.78, 5) is 0. The van der Waals surface area contributed by atoms with Crippen LogP contribution in [0.25, 0.3) is 0 Å². The predicted molar refractivity (Wildman–Crippen MR) is 73.5 cm³/mol. The largest absolute Gasteiger partial charge is 0.0654 e. The Labute approximate surface area is 103 Å². The van der Waals surface area contributed by atoms with E-state index >= 15 is 0 Å². The molecule has 2 unspecified atom stereocenters. The van der Waals surface area contributed by atoms with Gasteiger partial charge in [-0.15, -0.1) is 0 Å². The first-order valence-corrected chi connectivity index (χ1v) is 7.16. The summed E-state index contributed by atoms with van der Waals surface area (Å²) in [6.45, 7) is 16.9. The van der Waals surface area contributed by atoms with Crippen molar-refractivity contribution < 1.29 is 0 Å². The fourth-order valence-electron chi connectivity index (χ4n) is 3.70. The maximum Gasteiger partial charge on any atom is -0.0329 e. The molecule has 0 heterocycles. The molecule has 0 saturated heterocycles. The Morgan fingerprint density at radius 1 is 0.812 bits per heavy atom. The summed E-state index contributed by atoms with van der Waals surface area (Å²) >= 11 is 0. The normalized spacial score (nSPS) is 32.1. The zero-order valence-electron chi connectivity index (χ0n) is 12.6. The van der Waals surface area contributed by atoms with Gasteiger partial charge in [-0.25, -0.2) is 0 Å². The molecule has 16 heavy (non-hydrogen) atoms. The van der Waals surface area contributed by atoms with Crippen molar-refractivity contribution in [3.05, 3.63) is 0 Å². The Morgan fingerprint density at radius 2 is 1.19 bits per heavy atom. The van der Waals surface area contributed by atoms with Crippen molar-refractivity contribution in [3.63, 3.8) is 0 Å². The van der Waals surface area contributed by atoms with Gasteiger partial charge in [0.05, 0.1) is 0 Å². The lowest BCUT2D eigenvalue weighted by atomic mass is 9.66. The van der Waals surface area contributed by atoms with E-state index < -0.39 is 0 Å². The minimum Gasteiger partial charge on any atom is -0.0654 e. The summed E-state index contributed by atoms with van der Waals surface area (Å²) in [5.74, 6) is 2.84. The van der Waals surface area contributed by atoms with Gasteiger partial charge in [-0.1, -0.05) is 61.3 Å². The van der Waals surface area contributed by atoms with Gasteiger partial charge in [0, 0.05) is 0 Å². The smallest absolute Gasteiger partial charge is 0.0329 e. The van der Waals surface area contributed by atoms with Gasteiger partial charge < -0.3 is 0 Å². The number of rotatable bonds is 2. The van der Waals surface area contributed by atoms with Crippen LogP contribution in [-0.2, 0) is 0 Å². The lowest BCUT2D eigenvalue weighted by molar-refractivity contribution is 0.0992. The molecular weight excluding hydrogens is 192 g/mol. The van der Waals surface area contributed by atoms with Crippen LogP contribution in [-0.4, -0.2) is 0 Å². The van der Waals surface area contributed by atoms with E-state index in [1.807, 2.05) is 0 Å². The fourth-order valence-corrected chi connectivity index (χ4v) is 3.70. The minimum absolute atomic E-state index is 0.487. The third-order valence-electron chi connectivity index (χ3n) is 4.58. The molecule has 0 bridgehead atoms. The van der Waals surface area contributed by atoms with Crippen molar-refractivity contribution in [2.45, 2.75) is 74.1 Å². The quantitative estimate of drug-likeness (QED) is 0.579. The van der Waals surface area contributed by atoms with Crippen molar-refractivity contribution in [1.82, 2.24) is 0 Å². The van der Waals surface area contributed by atoms with Crippen LogP contribution in [0.1, 0.15) is 74.1 Å². The second kappa shape index (κ2) is 4.70. The maximum absolute atomic E-state index is 2.44. The van der Waals surface area contributed by atoms with Gasteiger partial charge in [-0.2, -0.15) is 0 Å². The monoisotopic (exact) mass is 224 g/mol. The van der Waals surface area contributed by atoms with E-state index in [-0.39, 0.29) is 0 Å². The van der Waals surface area contributed by atoms with E-state index in [0.29, 0.717) is 10.8 Å². The predicted octanol–water partition coefficient (Wildman–Crippen LogP) is 5.52. The van der Waals surface area contributed by atoms with Crippen LogP contribution in [0.2, 0.25) is 0 Å². The molecule has 0 spiro atoms. The summed E-state index contributed by atoms with van der Waals surface area (Å²) in [6.07, 6.45) is 5.75. The summed E-state index contributed by atoms with van der Waals surface area (Å²) in [7, 11) is 0. The minimum atomic E-state index is 0.487. The van der Waals surface area contributed by atoms with Crippen molar-refractivity contribution >= 4 is 0 Å². The van der Waals surface area contributed by atoms with E-state index in [4.69, 9.17) is 0 Å². The number of hydrogen-bond donors (Lipinski definition) is 0. The molecule has 0 aromatic heterocycles. The van der Waals surface area contributed by atoms with Crippen molar-refractivity contribution in [2.75, 3.05) is 0 Å². The van der Waals surface area contributed by atoms with Crippen molar-refractivity contribution in [2.24, 2.45) is 28.6 Å². The zero-order valence-corrected chi connectivity index (χ0v) is 12.6. The van der Waals surface area contributed by atoms with Gasteiger partial charge in [-0.3, -0.25) is 0 Å². The van der Waals surface area contributed by atoms with Crippen molar-refractivity contribution in [1.29, 1.82) is 0 Å². The van der Waals surface area contributed by atoms with Gasteiger partial charge >= 0.3 is 0 Å². The van der Waals surface area contributed by atoms with Crippen LogP contribution < -0.4 is 0 Å². The molecule has 1 aliphatic rings. The molecule has 0 nitrogen and oxygen atoms in total. The summed E-state index contributed by atoms with van der Waals surface area (Å²) in [5, 5.41) is 0. The summed E-state index contributed by atoms with van der Waals surface area (Å²) in [6, 6.07) is 0. The van der Waals surface area contributed by atoms with Crippen molar-refractivity contribution in [3.8, 4) is 0 Å². The highest BCUT2D eigenvalue weighted by Crippen LogP contribution is 2.53. The van der Waals surface area contributed by atoms with Gasteiger partial charge in [0.15, 0.2) is 0 Å². The van der Waals surface area contributed by atoms with Gasteiger partial charge in [0.2, 0.25) is 0 Å². The van der Waals surface area contributed by atoms with E-state index in [9.17, 15) is 0 Å². The van der Waals surface area contributed by atoms with E-state index in [1.54, 1.807) is 0 Å². The number of hydrogen-bond acceptors (Lipinski definition) is 0. The lowest BCUT2D eigenvalue weighted by Crippen LogP contribution is -2.32. The molecule has 1 aliphatic carbocycles. The summed E-state index contributed by atoms with van der Waals surface area (Å²) < 4.78 is 0. The lowest BCUT2D eigenvalue weighted by Gasteiger charge is -2.39. The molecule has 0 N–H and O–H groups in total. The Morgan fingerprint density at radius 3 is 1.44 bits per heavy atom. The molecule has 0 aliphatic heterocycles.